The predicted molar refractivity (Wildman–Crippen MR) is 132 cm³/mol. The molecular formula is C28H29N3O2. The third-order valence-corrected chi connectivity index (χ3v) is 6.40. The monoisotopic (exact) mass is 439 g/mol. The first-order valence-corrected chi connectivity index (χ1v) is 11.7. The van der Waals surface area contributed by atoms with Crippen LogP contribution < -0.4 is 9.64 Å². The molecule has 1 aromatic heterocycles. The molecule has 0 bridgehead atoms. The smallest absolute Gasteiger partial charge is 0.227 e. The van der Waals surface area contributed by atoms with Crippen LogP contribution in [0.2, 0.25) is 0 Å². The molecule has 0 saturated carbocycles. The van der Waals surface area contributed by atoms with Gasteiger partial charge in [0.25, 0.3) is 0 Å². The first-order chi connectivity index (χ1) is 16.1. The Morgan fingerprint density at radius 2 is 1.85 bits per heavy atom. The molecule has 168 valence electrons. The van der Waals surface area contributed by atoms with Crippen molar-refractivity contribution in [2.75, 3.05) is 18.1 Å². The second kappa shape index (κ2) is 9.10. The van der Waals surface area contributed by atoms with Crippen molar-refractivity contribution in [3.8, 4) is 5.75 Å². The van der Waals surface area contributed by atoms with Crippen LogP contribution in [-0.2, 0) is 17.8 Å². The van der Waals surface area contributed by atoms with Gasteiger partial charge in [0.2, 0.25) is 5.91 Å². The first kappa shape index (κ1) is 21.3. The van der Waals surface area contributed by atoms with Gasteiger partial charge in [-0.1, -0.05) is 43.3 Å². The topological polar surface area (TPSA) is 47.4 Å². The highest BCUT2D eigenvalue weighted by atomic mass is 16.5. The molecule has 1 amide bonds. The van der Waals surface area contributed by atoms with Crippen molar-refractivity contribution in [1.29, 1.82) is 0 Å². The zero-order valence-corrected chi connectivity index (χ0v) is 19.2. The molecule has 0 unspecified atom stereocenters. The number of aromatic nitrogens is 2. The van der Waals surface area contributed by atoms with Crippen LogP contribution >= 0.6 is 0 Å². The number of anilines is 1. The van der Waals surface area contributed by atoms with E-state index in [1.165, 1.54) is 11.1 Å². The summed E-state index contributed by atoms with van der Waals surface area (Å²) >= 11 is 0. The molecule has 0 aliphatic carbocycles. The van der Waals surface area contributed by atoms with E-state index in [4.69, 9.17) is 9.72 Å². The number of rotatable bonds is 7. The molecule has 1 aliphatic rings. The van der Waals surface area contributed by atoms with Crippen LogP contribution in [0.1, 0.15) is 36.2 Å². The number of amides is 1. The lowest BCUT2D eigenvalue weighted by atomic mass is 10.1. The molecular weight excluding hydrogens is 410 g/mol. The van der Waals surface area contributed by atoms with E-state index in [0.717, 1.165) is 34.7 Å². The number of hydrogen-bond donors (Lipinski definition) is 0. The van der Waals surface area contributed by atoms with Gasteiger partial charge in [-0.3, -0.25) is 4.79 Å². The third kappa shape index (κ3) is 4.36. The minimum atomic E-state index is 0.0507. The summed E-state index contributed by atoms with van der Waals surface area (Å²) in [5.41, 5.74) is 5.46. The Labute approximate surface area is 194 Å². The second-order valence-electron chi connectivity index (χ2n) is 8.70. The number of nitrogens with zero attached hydrogens (tertiary/aromatic N) is 3. The fraction of sp³-hybridized carbons (Fsp3) is 0.286. The van der Waals surface area contributed by atoms with Gasteiger partial charge in [-0.15, -0.1) is 0 Å². The molecule has 3 aromatic carbocycles. The van der Waals surface area contributed by atoms with Gasteiger partial charge in [0.15, 0.2) is 0 Å². The largest absolute Gasteiger partial charge is 0.492 e. The van der Waals surface area contributed by atoms with Gasteiger partial charge in [-0.25, -0.2) is 4.98 Å². The zero-order valence-electron chi connectivity index (χ0n) is 19.2. The lowest BCUT2D eigenvalue weighted by Gasteiger charge is -2.18. The van der Waals surface area contributed by atoms with Crippen LogP contribution in [0.25, 0.3) is 11.0 Å². The molecule has 2 heterocycles. The van der Waals surface area contributed by atoms with Crippen LogP contribution in [0.5, 0.6) is 5.75 Å². The molecule has 5 heteroatoms. The van der Waals surface area contributed by atoms with E-state index in [-0.39, 0.29) is 11.8 Å². The number of carbonyl (C=O) groups is 1. The number of hydrogen-bond acceptors (Lipinski definition) is 3. The molecule has 0 N–H and O–H groups in total. The molecule has 1 fully saturated rings. The van der Waals surface area contributed by atoms with Gasteiger partial charge in [0.1, 0.15) is 18.2 Å². The third-order valence-electron chi connectivity index (χ3n) is 6.40. The molecule has 33 heavy (non-hydrogen) atoms. The van der Waals surface area contributed by atoms with Crippen LogP contribution in [0.15, 0.2) is 72.8 Å². The molecule has 4 aromatic rings. The van der Waals surface area contributed by atoms with Gasteiger partial charge in [0.05, 0.1) is 17.6 Å². The standard InChI is InChI=1S/C28H29N3O2/c1-3-21-11-13-23(14-12-21)31-19-22(18-27(31)32)28-29-25-9-4-5-10-26(25)30(28)15-16-33-24-8-6-7-20(2)17-24/h4-14,17,22H,3,15-16,18-19H2,1-2H3/t22-/m0/s1. The maximum absolute atomic E-state index is 12.9. The first-order valence-electron chi connectivity index (χ1n) is 11.7. The predicted octanol–water partition coefficient (Wildman–Crippen LogP) is 5.51. The Hall–Kier alpha value is -3.60. The van der Waals surface area contributed by atoms with Crippen molar-refractivity contribution in [3.63, 3.8) is 0 Å². The van der Waals surface area contributed by atoms with Gasteiger partial charge < -0.3 is 14.2 Å². The average molecular weight is 440 g/mol. The maximum Gasteiger partial charge on any atom is 0.227 e. The highest BCUT2D eigenvalue weighted by molar-refractivity contribution is 5.96. The SMILES string of the molecule is CCc1ccc(N2C[C@@H](c3nc4ccccc4n3CCOc3cccc(C)c3)CC2=O)cc1. The van der Waals surface area contributed by atoms with E-state index in [1.807, 2.05) is 41.3 Å². The summed E-state index contributed by atoms with van der Waals surface area (Å²) < 4.78 is 8.26. The summed E-state index contributed by atoms with van der Waals surface area (Å²) in [7, 11) is 0. The van der Waals surface area contributed by atoms with E-state index in [9.17, 15) is 4.79 Å². The number of fused-ring (bicyclic) bond motifs is 1. The molecule has 1 atom stereocenters. The Balaban J connectivity index is 1.39. The van der Waals surface area contributed by atoms with Gasteiger partial charge >= 0.3 is 0 Å². The summed E-state index contributed by atoms with van der Waals surface area (Å²) in [4.78, 5) is 19.8. The van der Waals surface area contributed by atoms with Crippen LogP contribution in [0, 0.1) is 6.92 Å². The minimum Gasteiger partial charge on any atom is -0.492 e. The van der Waals surface area contributed by atoms with Gasteiger partial charge in [0, 0.05) is 24.6 Å². The summed E-state index contributed by atoms with van der Waals surface area (Å²) in [6.45, 7) is 6.07. The molecule has 0 spiro atoms. The van der Waals surface area contributed by atoms with Crippen molar-refractivity contribution in [2.24, 2.45) is 0 Å². The Kier molecular flexibility index (Phi) is 5.86. The second-order valence-corrected chi connectivity index (χ2v) is 8.70. The van der Waals surface area contributed by atoms with Crippen LogP contribution in [0.3, 0.4) is 0 Å². The molecule has 1 saturated heterocycles. The summed E-state index contributed by atoms with van der Waals surface area (Å²) in [6.07, 6.45) is 1.46. The number of para-hydroxylation sites is 2. The molecule has 0 radical (unpaired) electrons. The molecule has 1 aliphatic heterocycles. The van der Waals surface area contributed by atoms with E-state index in [0.29, 0.717) is 26.1 Å². The Morgan fingerprint density at radius 3 is 2.64 bits per heavy atom. The maximum atomic E-state index is 12.9. The van der Waals surface area contributed by atoms with Crippen molar-refractivity contribution in [1.82, 2.24) is 9.55 Å². The Morgan fingerprint density at radius 1 is 1.03 bits per heavy atom. The fourth-order valence-electron chi connectivity index (χ4n) is 4.64. The quantitative estimate of drug-likeness (QED) is 0.382. The number of benzene rings is 3. The average Bonchev–Trinajstić information content (AvgIpc) is 3.40. The van der Waals surface area contributed by atoms with E-state index in [1.54, 1.807) is 0 Å². The zero-order chi connectivity index (χ0) is 22.8. The summed E-state index contributed by atoms with van der Waals surface area (Å²) in [6, 6.07) is 24.6. The number of aryl methyl sites for hydroxylation is 2. The van der Waals surface area contributed by atoms with E-state index in [2.05, 4.69) is 54.8 Å². The highest BCUT2D eigenvalue weighted by Gasteiger charge is 2.34. The van der Waals surface area contributed by atoms with Crippen LogP contribution in [0.4, 0.5) is 5.69 Å². The van der Waals surface area contributed by atoms with E-state index < -0.39 is 0 Å². The number of ether oxygens (including phenoxy) is 1. The normalized spacial score (nSPS) is 16.0. The number of imidazole rings is 1. The highest BCUT2D eigenvalue weighted by Crippen LogP contribution is 2.33. The molecule has 5 rings (SSSR count). The van der Waals surface area contributed by atoms with Crippen molar-refractivity contribution in [3.05, 3.63) is 89.7 Å². The van der Waals surface area contributed by atoms with Gasteiger partial charge in [-0.2, -0.15) is 0 Å². The number of carbonyl (C=O) groups excluding carboxylic acids is 1. The molecule has 5 nitrogen and oxygen atoms in total. The fourth-order valence-corrected chi connectivity index (χ4v) is 4.64. The van der Waals surface area contributed by atoms with Crippen molar-refractivity contribution >= 4 is 22.6 Å². The lowest BCUT2D eigenvalue weighted by molar-refractivity contribution is -0.117. The van der Waals surface area contributed by atoms with Crippen LogP contribution in [-0.4, -0.2) is 28.6 Å². The summed E-state index contributed by atoms with van der Waals surface area (Å²) in [5.74, 6) is 2.04. The summed E-state index contributed by atoms with van der Waals surface area (Å²) in [5, 5.41) is 0. The van der Waals surface area contributed by atoms with E-state index >= 15 is 0 Å². The Bertz CT molecular complexity index is 1280. The lowest BCUT2D eigenvalue weighted by Crippen LogP contribution is -2.24. The minimum absolute atomic E-state index is 0.0507. The van der Waals surface area contributed by atoms with Crippen molar-refractivity contribution < 1.29 is 9.53 Å². The van der Waals surface area contributed by atoms with Gasteiger partial charge in [-0.05, 0) is 60.9 Å². The van der Waals surface area contributed by atoms with Crippen molar-refractivity contribution in [2.45, 2.75) is 39.2 Å².